The Bertz CT molecular complexity index is 883. The Morgan fingerprint density at radius 3 is 2.69 bits per heavy atom. The number of benzene rings is 2. The molecule has 7 heteroatoms. The normalized spacial score (nSPS) is 11.0. The van der Waals surface area contributed by atoms with E-state index in [9.17, 15) is 0 Å². The molecule has 3 rings (SSSR count). The molecule has 0 spiro atoms. The third-order valence-corrected chi connectivity index (χ3v) is 5.09. The van der Waals surface area contributed by atoms with Crippen LogP contribution < -0.4 is 9.47 Å². The van der Waals surface area contributed by atoms with Gasteiger partial charge in [-0.3, -0.25) is 5.10 Å². The molecule has 0 radical (unpaired) electrons. The van der Waals surface area contributed by atoms with Crippen LogP contribution in [0.5, 0.6) is 11.5 Å². The lowest BCUT2D eigenvalue weighted by Gasteiger charge is -2.12. The van der Waals surface area contributed by atoms with Gasteiger partial charge in [0.15, 0.2) is 5.82 Å². The average molecular weight is 434 g/mol. The van der Waals surface area contributed by atoms with Crippen LogP contribution in [0.1, 0.15) is 19.4 Å². The van der Waals surface area contributed by atoms with E-state index in [4.69, 9.17) is 9.47 Å². The van der Waals surface area contributed by atoms with Gasteiger partial charge in [-0.05, 0) is 59.6 Å². The third kappa shape index (κ3) is 4.59. The molecule has 0 aliphatic rings. The number of halogens is 1. The molecule has 26 heavy (non-hydrogen) atoms. The highest BCUT2D eigenvalue weighted by Gasteiger charge is 2.12. The zero-order valence-corrected chi connectivity index (χ0v) is 17.2. The van der Waals surface area contributed by atoms with Gasteiger partial charge in [-0.2, -0.15) is 0 Å². The topological polar surface area (TPSA) is 60.0 Å². The number of ether oxygens (including phenoxy) is 2. The zero-order chi connectivity index (χ0) is 18.5. The van der Waals surface area contributed by atoms with Gasteiger partial charge in [0.05, 0.1) is 23.2 Å². The second-order valence-corrected chi connectivity index (χ2v) is 7.68. The van der Waals surface area contributed by atoms with E-state index in [2.05, 4.69) is 31.1 Å². The summed E-state index contributed by atoms with van der Waals surface area (Å²) in [6.45, 7) is 4.01. The zero-order valence-electron chi connectivity index (χ0n) is 14.8. The fourth-order valence-electron chi connectivity index (χ4n) is 2.40. The van der Waals surface area contributed by atoms with Gasteiger partial charge in [0.1, 0.15) is 11.5 Å². The number of hydrogen-bond acceptors (Lipinski definition) is 5. The van der Waals surface area contributed by atoms with E-state index < -0.39 is 0 Å². The summed E-state index contributed by atoms with van der Waals surface area (Å²) in [5, 5.41) is 8.03. The molecular formula is C19H20BrN3O2S. The minimum Gasteiger partial charge on any atom is -0.496 e. The fraction of sp³-hybridized carbons (Fsp3) is 0.263. The summed E-state index contributed by atoms with van der Waals surface area (Å²) >= 11 is 5.09. The number of rotatable bonds is 7. The maximum absolute atomic E-state index is 5.86. The van der Waals surface area contributed by atoms with Crippen LogP contribution in [-0.2, 0) is 5.75 Å². The number of nitrogens with zero attached hydrogens (tertiary/aromatic N) is 2. The van der Waals surface area contributed by atoms with Crippen LogP contribution in [0.3, 0.4) is 0 Å². The first kappa shape index (κ1) is 18.8. The van der Waals surface area contributed by atoms with Crippen molar-refractivity contribution in [2.75, 3.05) is 7.11 Å². The molecule has 1 heterocycles. The molecule has 0 saturated carbocycles. The molecule has 3 aromatic rings. The Labute approximate surface area is 165 Å². The van der Waals surface area contributed by atoms with Crippen LogP contribution in [-0.4, -0.2) is 28.4 Å². The second-order valence-electron chi connectivity index (χ2n) is 5.89. The van der Waals surface area contributed by atoms with E-state index in [1.807, 2.05) is 56.3 Å². The van der Waals surface area contributed by atoms with Gasteiger partial charge in [0.25, 0.3) is 0 Å². The van der Waals surface area contributed by atoms with Crippen LogP contribution in [0.4, 0.5) is 0 Å². The Hall–Kier alpha value is -1.99. The second kappa shape index (κ2) is 8.60. The molecular weight excluding hydrogens is 414 g/mol. The highest BCUT2D eigenvalue weighted by Crippen LogP contribution is 2.31. The fourth-order valence-corrected chi connectivity index (χ4v) is 3.73. The molecule has 0 unspecified atom stereocenters. The van der Waals surface area contributed by atoms with E-state index in [0.717, 1.165) is 32.9 Å². The molecule has 5 nitrogen and oxygen atoms in total. The van der Waals surface area contributed by atoms with Crippen molar-refractivity contribution in [3.05, 3.63) is 52.5 Å². The molecule has 0 aliphatic carbocycles. The highest BCUT2D eigenvalue weighted by molar-refractivity contribution is 9.10. The van der Waals surface area contributed by atoms with Gasteiger partial charge in [0.2, 0.25) is 5.16 Å². The first-order chi connectivity index (χ1) is 12.6. The van der Waals surface area contributed by atoms with E-state index in [1.165, 1.54) is 0 Å². The van der Waals surface area contributed by atoms with Crippen LogP contribution in [0.2, 0.25) is 0 Å². The average Bonchev–Trinajstić information content (AvgIpc) is 3.09. The minimum atomic E-state index is 0.0986. The molecule has 0 aliphatic heterocycles. The Morgan fingerprint density at radius 2 is 1.96 bits per heavy atom. The van der Waals surface area contributed by atoms with Gasteiger partial charge >= 0.3 is 0 Å². The van der Waals surface area contributed by atoms with Crippen LogP contribution in [0, 0.1) is 0 Å². The van der Waals surface area contributed by atoms with Crippen LogP contribution >= 0.6 is 27.7 Å². The number of aromatic nitrogens is 3. The number of methoxy groups -OCH3 is 1. The molecule has 0 bridgehead atoms. The standard InChI is InChI=1S/C19H20BrN3O2S/c1-12(2)25-16-7-5-4-6-14(16)18-21-19(23-22-18)26-11-13-8-9-17(24-3)15(20)10-13/h4-10,12H,11H2,1-3H3,(H,21,22,23). The Kier molecular flexibility index (Phi) is 6.21. The first-order valence-corrected chi connectivity index (χ1v) is 9.98. The van der Waals surface area contributed by atoms with Crippen molar-refractivity contribution < 1.29 is 9.47 Å². The van der Waals surface area contributed by atoms with Gasteiger partial charge in [-0.1, -0.05) is 30.0 Å². The molecule has 136 valence electrons. The number of hydrogen-bond donors (Lipinski definition) is 1. The lowest BCUT2D eigenvalue weighted by molar-refractivity contribution is 0.243. The number of thioether (sulfide) groups is 1. The van der Waals surface area contributed by atoms with E-state index in [-0.39, 0.29) is 6.10 Å². The maximum atomic E-state index is 5.86. The molecule has 0 fully saturated rings. The van der Waals surface area contributed by atoms with E-state index in [0.29, 0.717) is 11.0 Å². The monoisotopic (exact) mass is 433 g/mol. The smallest absolute Gasteiger partial charge is 0.209 e. The third-order valence-electron chi connectivity index (χ3n) is 3.55. The molecule has 1 N–H and O–H groups in total. The predicted molar refractivity (Wildman–Crippen MR) is 108 cm³/mol. The summed E-state index contributed by atoms with van der Waals surface area (Å²) in [5.74, 6) is 3.10. The maximum Gasteiger partial charge on any atom is 0.209 e. The van der Waals surface area contributed by atoms with Crippen molar-refractivity contribution in [3.8, 4) is 22.9 Å². The number of nitrogens with one attached hydrogen (secondary N) is 1. The van der Waals surface area contributed by atoms with Crippen molar-refractivity contribution in [1.29, 1.82) is 0 Å². The summed E-state index contributed by atoms with van der Waals surface area (Å²) in [7, 11) is 1.66. The van der Waals surface area contributed by atoms with Crippen molar-refractivity contribution in [3.63, 3.8) is 0 Å². The molecule has 0 atom stereocenters. The summed E-state index contributed by atoms with van der Waals surface area (Å²) in [5.41, 5.74) is 2.07. The Balaban J connectivity index is 1.72. The quantitative estimate of drug-likeness (QED) is 0.510. The Morgan fingerprint density at radius 1 is 1.15 bits per heavy atom. The summed E-state index contributed by atoms with van der Waals surface area (Å²) in [4.78, 5) is 4.60. The number of para-hydroxylation sites is 1. The van der Waals surface area contributed by atoms with Gasteiger partial charge in [0, 0.05) is 5.75 Å². The van der Waals surface area contributed by atoms with E-state index in [1.54, 1.807) is 18.9 Å². The number of aromatic amines is 1. The molecule has 0 amide bonds. The predicted octanol–water partition coefficient (Wildman–Crippen LogP) is 5.32. The largest absolute Gasteiger partial charge is 0.496 e. The molecule has 1 aromatic heterocycles. The minimum absolute atomic E-state index is 0.0986. The molecule has 2 aromatic carbocycles. The van der Waals surface area contributed by atoms with Gasteiger partial charge in [-0.15, -0.1) is 5.10 Å². The first-order valence-electron chi connectivity index (χ1n) is 8.20. The SMILES string of the molecule is COc1ccc(CSc2n[nH]c(-c3ccccc3OC(C)C)n2)cc1Br. The number of H-pyrrole nitrogens is 1. The summed E-state index contributed by atoms with van der Waals surface area (Å²) in [6, 6.07) is 13.9. The highest BCUT2D eigenvalue weighted by atomic mass is 79.9. The molecule has 0 saturated heterocycles. The van der Waals surface area contributed by atoms with E-state index >= 15 is 0 Å². The van der Waals surface area contributed by atoms with Crippen molar-refractivity contribution in [1.82, 2.24) is 15.2 Å². The van der Waals surface area contributed by atoms with Crippen LogP contribution in [0.15, 0.2) is 52.1 Å². The van der Waals surface area contributed by atoms with Gasteiger partial charge < -0.3 is 9.47 Å². The van der Waals surface area contributed by atoms with Crippen molar-refractivity contribution in [2.24, 2.45) is 0 Å². The summed E-state index contributed by atoms with van der Waals surface area (Å²) < 4.78 is 12.1. The van der Waals surface area contributed by atoms with Crippen LogP contribution in [0.25, 0.3) is 11.4 Å². The lowest BCUT2D eigenvalue weighted by Crippen LogP contribution is -2.06. The van der Waals surface area contributed by atoms with Crippen molar-refractivity contribution in [2.45, 2.75) is 30.9 Å². The van der Waals surface area contributed by atoms with Crippen molar-refractivity contribution >= 4 is 27.7 Å². The lowest BCUT2D eigenvalue weighted by atomic mass is 10.2. The van der Waals surface area contributed by atoms with Gasteiger partial charge in [-0.25, -0.2) is 4.98 Å². The summed E-state index contributed by atoms with van der Waals surface area (Å²) in [6.07, 6.45) is 0.0986.